The van der Waals surface area contributed by atoms with Crippen molar-refractivity contribution in [3.63, 3.8) is 0 Å². The molecule has 0 aromatic heterocycles. The third-order valence-corrected chi connectivity index (χ3v) is 4.04. The molecule has 0 fully saturated rings. The predicted octanol–water partition coefficient (Wildman–Crippen LogP) is 3.41. The summed E-state index contributed by atoms with van der Waals surface area (Å²) in [4.78, 5) is 4.62. The van der Waals surface area contributed by atoms with Gasteiger partial charge in [-0.2, -0.15) is 0 Å². The van der Waals surface area contributed by atoms with E-state index < -0.39 is 0 Å². The van der Waals surface area contributed by atoms with Gasteiger partial charge in [-0.1, -0.05) is 18.2 Å². The molecule has 2 aromatic rings. The molecule has 0 aliphatic carbocycles. The summed E-state index contributed by atoms with van der Waals surface area (Å²) in [6.07, 6.45) is -0.141. The van der Waals surface area contributed by atoms with Crippen LogP contribution in [-0.4, -0.2) is 45.4 Å². The molecule has 0 aliphatic heterocycles. The van der Waals surface area contributed by atoms with Gasteiger partial charge in [0.05, 0.1) is 19.7 Å². The molecule has 2 rings (SSSR count). The second-order valence-corrected chi connectivity index (χ2v) is 6.58. The van der Waals surface area contributed by atoms with Crippen molar-refractivity contribution in [2.45, 2.75) is 26.5 Å². The van der Waals surface area contributed by atoms with Crippen molar-refractivity contribution >= 4 is 11.6 Å². The van der Waals surface area contributed by atoms with E-state index in [2.05, 4.69) is 33.1 Å². The number of halogens is 1. The summed E-state index contributed by atoms with van der Waals surface area (Å²) < 4.78 is 24.0. The summed E-state index contributed by atoms with van der Waals surface area (Å²) in [5, 5.41) is 9.78. The molecule has 0 radical (unpaired) electrons. The average Bonchev–Trinajstić information content (AvgIpc) is 2.71. The van der Waals surface area contributed by atoms with Crippen molar-refractivity contribution in [2.24, 2.45) is 4.99 Å². The van der Waals surface area contributed by atoms with E-state index in [1.165, 1.54) is 12.1 Å². The molecule has 2 aromatic carbocycles. The third-order valence-electron chi connectivity index (χ3n) is 4.04. The van der Waals surface area contributed by atoms with Gasteiger partial charge in [0, 0.05) is 32.0 Å². The summed E-state index contributed by atoms with van der Waals surface area (Å²) in [6, 6.07) is 14.3. The zero-order chi connectivity index (χ0) is 20.9. The van der Waals surface area contributed by atoms with E-state index in [0.29, 0.717) is 31.4 Å². The quantitative estimate of drug-likeness (QED) is 0.305. The van der Waals surface area contributed by atoms with Crippen molar-refractivity contribution < 1.29 is 13.9 Å². The number of rotatable bonds is 11. The molecular weight excluding hydrogens is 371 g/mol. The van der Waals surface area contributed by atoms with Crippen molar-refractivity contribution in [3.05, 3.63) is 59.9 Å². The number of benzene rings is 2. The highest BCUT2D eigenvalue weighted by Crippen LogP contribution is 2.13. The molecule has 158 valence electrons. The minimum absolute atomic E-state index is 0.141. The number of anilines is 1. The number of guanidine groups is 1. The molecular formula is C22H31FN4O2. The lowest BCUT2D eigenvalue weighted by atomic mass is 10.2. The first-order valence-electron chi connectivity index (χ1n) is 9.87. The predicted molar refractivity (Wildman–Crippen MR) is 116 cm³/mol. The fourth-order valence-electron chi connectivity index (χ4n) is 2.59. The molecule has 1 unspecified atom stereocenters. The number of hydrogen-bond donors (Lipinski definition) is 3. The zero-order valence-electron chi connectivity index (χ0n) is 17.4. The minimum Gasteiger partial charge on any atom is -0.489 e. The van der Waals surface area contributed by atoms with E-state index in [1.807, 2.05) is 26.0 Å². The van der Waals surface area contributed by atoms with Crippen LogP contribution in [0.15, 0.2) is 53.5 Å². The number of nitrogens with one attached hydrogen (secondary N) is 3. The maximum absolute atomic E-state index is 13.3. The van der Waals surface area contributed by atoms with E-state index in [0.717, 1.165) is 24.3 Å². The fraction of sp³-hybridized carbons (Fsp3) is 0.409. The van der Waals surface area contributed by atoms with Crippen LogP contribution < -0.4 is 20.7 Å². The molecule has 3 N–H and O–H groups in total. The van der Waals surface area contributed by atoms with Crippen molar-refractivity contribution in [1.29, 1.82) is 0 Å². The molecule has 0 heterocycles. The number of hydrogen-bond acceptors (Lipinski definition) is 4. The van der Waals surface area contributed by atoms with E-state index >= 15 is 0 Å². The number of nitrogens with zero attached hydrogens (tertiary/aromatic N) is 1. The maximum atomic E-state index is 13.3. The Kier molecular flexibility index (Phi) is 9.78. The van der Waals surface area contributed by atoms with Crippen LogP contribution in [0.4, 0.5) is 10.1 Å². The third kappa shape index (κ3) is 8.83. The van der Waals surface area contributed by atoms with Gasteiger partial charge < -0.3 is 25.4 Å². The highest BCUT2D eigenvalue weighted by Gasteiger charge is 2.06. The Labute approximate surface area is 172 Å². The Morgan fingerprint density at radius 2 is 1.93 bits per heavy atom. The highest BCUT2D eigenvalue weighted by molar-refractivity contribution is 5.79. The van der Waals surface area contributed by atoms with E-state index in [-0.39, 0.29) is 11.9 Å². The summed E-state index contributed by atoms with van der Waals surface area (Å²) in [5.74, 6) is 0.919. The van der Waals surface area contributed by atoms with Gasteiger partial charge in [-0.05, 0) is 43.7 Å². The van der Waals surface area contributed by atoms with Crippen molar-refractivity contribution in [2.75, 3.05) is 38.7 Å². The van der Waals surface area contributed by atoms with Crippen LogP contribution in [0.2, 0.25) is 0 Å². The zero-order valence-corrected chi connectivity index (χ0v) is 17.4. The Hall–Kier alpha value is -2.80. The van der Waals surface area contributed by atoms with Gasteiger partial charge >= 0.3 is 0 Å². The Morgan fingerprint density at radius 3 is 2.62 bits per heavy atom. The van der Waals surface area contributed by atoms with Crippen LogP contribution in [0.3, 0.4) is 0 Å². The number of aliphatic imine (C=N–C) groups is 1. The first-order valence-corrected chi connectivity index (χ1v) is 9.87. The highest BCUT2D eigenvalue weighted by atomic mass is 19.1. The minimum atomic E-state index is -0.308. The van der Waals surface area contributed by atoms with Gasteiger partial charge in [0.25, 0.3) is 0 Å². The fourth-order valence-corrected chi connectivity index (χ4v) is 2.59. The van der Waals surface area contributed by atoms with Gasteiger partial charge in [0.15, 0.2) is 5.96 Å². The summed E-state index contributed by atoms with van der Waals surface area (Å²) >= 11 is 0. The van der Waals surface area contributed by atoms with Crippen LogP contribution in [-0.2, 0) is 11.3 Å². The molecule has 29 heavy (non-hydrogen) atoms. The standard InChI is InChI=1S/C22H31FN4O2/c1-4-24-22(26-15-17(2)29-21-7-5-6-19(23)14-21)27-16-18-8-10-20(11-9-18)25-12-13-28-3/h5-11,14,17,25H,4,12-13,15-16H2,1-3H3,(H2,24,26,27). The van der Waals surface area contributed by atoms with Crippen LogP contribution >= 0.6 is 0 Å². The van der Waals surface area contributed by atoms with Crippen molar-refractivity contribution in [3.8, 4) is 5.75 Å². The molecule has 0 amide bonds. The van der Waals surface area contributed by atoms with Gasteiger partial charge in [-0.25, -0.2) is 9.38 Å². The lowest BCUT2D eigenvalue weighted by molar-refractivity contribution is 0.211. The molecule has 0 saturated heterocycles. The number of methoxy groups -OCH3 is 1. The SMILES string of the molecule is CCNC(=NCc1ccc(NCCOC)cc1)NCC(C)Oc1cccc(F)c1. The van der Waals surface area contributed by atoms with Gasteiger partial charge in [0.1, 0.15) is 17.7 Å². The lowest BCUT2D eigenvalue weighted by Gasteiger charge is -2.17. The molecule has 0 spiro atoms. The maximum Gasteiger partial charge on any atom is 0.191 e. The topological polar surface area (TPSA) is 66.9 Å². The van der Waals surface area contributed by atoms with E-state index in [1.54, 1.807) is 19.2 Å². The van der Waals surface area contributed by atoms with Gasteiger partial charge in [-0.15, -0.1) is 0 Å². The molecule has 0 aliphatic rings. The smallest absolute Gasteiger partial charge is 0.191 e. The molecule has 0 saturated carbocycles. The first-order chi connectivity index (χ1) is 14.1. The summed E-state index contributed by atoms with van der Waals surface area (Å²) in [7, 11) is 1.69. The summed E-state index contributed by atoms with van der Waals surface area (Å²) in [5.41, 5.74) is 2.17. The molecule has 1 atom stereocenters. The number of ether oxygens (including phenoxy) is 2. The molecule has 7 heteroatoms. The van der Waals surface area contributed by atoms with Crippen LogP contribution in [0, 0.1) is 5.82 Å². The Balaban J connectivity index is 1.83. The van der Waals surface area contributed by atoms with Gasteiger partial charge in [0.2, 0.25) is 0 Å². The second kappa shape index (κ2) is 12.6. The Bertz CT molecular complexity index is 753. The van der Waals surface area contributed by atoms with Crippen LogP contribution in [0.5, 0.6) is 5.75 Å². The van der Waals surface area contributed by atoms with Crippen molar-refractivity contribution in [1.82, 2.24) is 10.6 Å². The van der Waals surface area contributed by atoms with Crippen LogP contribution in [0.1, 0.15) is 19.4 Å². The monoisotopic (exact) mass is 402 g/mol. The lowest BCUT2D eigenvalue weighted by Crippen LogP contribution is -2.41. The molecule has 6 nitrogen and oxygen atoms in total. The van der Waals surface area contributed by atoms with Gasteiger partial charge in [-0.3, -0.25) is 0 Å². The normalized spacial score (nSPS) is 12.3. The second-order valence-electron chi connectivity index (χ2n) is 6.58. The average molecular weight is 403 g/mol. The first kappa shape index (κ1) is 22.5. The Morgan fingerprint density at radius 1 is 1.14 bits per heavy atom. The van der Waals surface area contributed by atoms with E-state index in [9.17, 15) is 4.39 Å². The van der Waals surface area contributed by atoms with Crippen LogP contribution in [0.25, 0.3) is 0 Å². The summed E-state index contributed by atoms with van der Waals surface area (Å²) in [6.45, 7) is 7.26. The van der Waals surface area contributed by atoms with E-state index in [4.69, 9.17) is 9.47 Å². The molecule has 0 bridgehead atoms. The largest absolute Gasteiger partial charge is 0.489 e.